The van der Waals surface area contributed by atoms with Crippen LogP contribution in [0.1, 0.15) is 25.3 Å². The molecule has 1 aromatic carbocycles. The van der Waals surface area contributed by atoms with Crippen LogP contribution in [-0.4, -0.2) is 65.8 Å². The van der Waals surface area contributed by atoms with Gasteiger partial charge in [0.05, 0.1) is 0 Å². The molecule has 0 saturated carbocycles. The molecule has 136 valence electrons. The molecule has 2 saturated heterocycles. The van der Waals surface area contributed by atoms with Crippen molar-refractivity contribution in [2.45, 2.75) is 26.3 Å². The van der Waals surface area contributed by atoms with Crippen LogP contribution in [0.3, 0.4) is 0 Å². The molecule has 2 aliphatic rings. The fourth-order valence-corrected chi connectivity index (χ4v) is 3.67. The van der Waals surface area contributed by atoms with Crippen molar-refractivity contribution in [3.8, 4) is 0 Å². The number of rotatable bonds is 3. The van der Waals surface area contributed by atoms with Gasteiger partial charge in [0.2, 0.25) is 11.8 Å². The lowest BCUT2D eigenvalue weighted by Crippen LogP contribution is -2.51. The summed E-state index contributed by atoms with van der Waals surface area (Å²) in [6.45, 7) is 6.93. The predicted octanol–water partition coefficient (Wildman–Crippen LogP) is 1.73. The Morgan fingerprint density at radius 2 is 1.56 bits per heavy atom. The van der Waals surface area contributed by atoms with Crippen molar-refractivity contribution in [2.24, 2.45) is 5.92 Å². The number of likely N-dealkylation sites (tertiary alicyclic amines) is 1. The molecule has 2 fully saturated rings. The maximum atomic E-state index is 13.0. The topological polar surface area (TPSA) is 43.9 Å². The zero-order valence-corrected chi connectivity index (χ0v) is 14.8. The highest BCUT2D eigenvalue weighted by atomic mass is 19.1. The van der Waals surface area contributed by atoms with Crippen LogP contribution < -0.4 is 0 Å². The molecule has 6 heteroatoms. The molecular weight excluding hydrogens is 321 g/mol. The SMILES string of the molecule is CC(=O)N1CCC(C(=O)N2CCN(Cc3ccc(F)cc3)CC2)CC1. The lowest BCUT2D eigenvalue weighted by molar-refractivity contribution is -0.141. The second-order valence-corrected chi connectivity index (χ2v) is 7.01. The molecule has 1 aromatic rings. The van der Waals surface area contributed by atoms with Crippen molar-refractivity contribution in [3.63, 3.8) is 0 Å². The van der Waals surface area contributed by atoms with Gasteiger partial charge in [-0.3, -0.25) is 14.5 Å². The minimum Gasteiger partial charge on any atom is -0.343 e. The summed E-state index contributed by atoms with van der Waals surface area (Å²) in [5.74, 6) is 0.180. The van der Waals surface area contributed by atoms with Gasteiger partial charge in [-0.25, -0.2) is 4.39 Å². The van der Waals surface area contributed by atoms with Crippen LogP contribution in [0.15, 0.2) is 24.3 Å². The van der Waals surface area contributed by atoms with E-state index >= 15 is 0 Å². The van der Waals surface area contributed by atoms with Crippen molar-refractivity contribution in [2.75, 3.05) is 39.3 Å². The number of amides is 2. The van der Waals surface area contributed by atoms with Gasteiger partial charge in [-0.2, -0.15) is 0 Å². The van der Waals surface area contributed by atoms with Crippen LogP contribution in [0.4, 0.5) is 4.39 Å². The zero-order valence-electron chi connectivity index (χ0n) is 14.8. The second-order valence-electron chi connectivity index (χ2n) is 7.01. The molecule has 0 aromatic heterocycles. The quantitative estimate of drug-likeness (QED) is 0.836. The first-order valence-electron chi connectivity index (χ1n) is 9.04. The lowest BCUT2D eigenvalue weighted by Gasteiger charge is -2.38. The van der Waals surface area contributed by atoms with Crippen molar-refractivity contribution >= 4 is 11.8 Å². The first-order valence-corrected chi connectivity index (χ1v) is 9.04. The third-order valence-corrected chi connectivity index (χ3v) is 5.29. The predicted molar refractivity (Wildman–Crippen MR) is 93.2 cm³/mol. The van der Waals surface area contributed by atoms with Gasteiger partial charge in [0, 0.05) is 58.7 Å². The summed E-state index contributed by atoms with van der Waals surface area (Å²) in [6.07, 6.45) is 1.54. The highest BCUT2D eigenvalue weighted by Gasteiger charge is 2.30. The van der Waals surface area contributed by atoms with Crippen LogP contribution in [0.25, 0.3) is 0 Å². The Balaban J connectivity index is 1.45. The third-order valence-electron chi connectivity index (χ3n) is 5.29. The first-order chi connectivity index (χ1) is 12.0. The maximum absolute atomic E-state index is 13.0. The van der Waals surface area contributed by atoms with Crippen LogP contribution in [0, 0.1) is 11.7 Å². The third kappa shape index (κ3) is 4.57. The molecule has 0 bridgehead atoms. The average molecular weight is 347 g/mol. The fraction of sp³-hybridized carbons (Fsp3) is 0.579. The van der Waals surface area contributed by atoms with Crippen LogP contribution in [0.5, 0.6) is 0 Å². The normalized spacial score (nSPS) is 19.9. The molecule has 0 atom stereocenters. The van der Waals surface area contributed by atoms with E-state index in [2.05, 4.69) is 4.90 Å². The van der Waals surface area contributed by atoms with E-state index < -0.39 is 0 Å². The Bertz CT molecular complexity index is 604. The maximum Gasteiger partial charge on any atom is 0.225 e. The minimum absolute atomic E-state index is 0.0549. The van der Waals surface area contributed by atoms with Gasteiger partial charge in [-0.05, 0) is 30.5 Å². The largest absolute Gasteiger partial charge is 0.343 e. The summed E-state index contributed by atoms with van der Waals surface area (Å²) >= 11 is 0. The Morgan fingerprint density at radius 3 is 2.12 bits per heavy atom. The van der Waals surface area contributed by atoms with Crippen molar-refractivity contribution in [1.29, 1.82) is 0 Å². The molecule has 2 amide bonds. The van der Waals surface area contributed by atoms with E-state index in [0.29, 0.717) is 13.1 Å². The number of benzene rings is 1. The van der Waals surface area contributed by atoms with E-state index in [0.717, 1.165) is 51.1 Å². The monoisotopic (exact) mass is 347 g/mol. The standard InChI is InChI=1S/C19H26FN3O2/c1-15(24)22-8-6-17(7-9-22)19(25)23-12-10-21(11-13-23)14-16-2-4-18(20)5-3-16/h2-5,17H,6-14H2,1H3. The Hall–Kier alpha value is -1.95. The molecule has 2 aliphatic heterocycles. The number of hydrogen-bond acceptors (Lipinski definition) is 3. The van der Waals surface area contributed by atoms with Crippen molar-refractivity contribution in [1.82, 2.24) is 14.7 Å². The van der Waals surface area contributed by atoms with E-state index in [1.807, 2.05) is 21.9 Å². The number of piperazine rings is 1. The van der Waals surface area contributed by atoms with Gasteiger partial charge in [-0.15, -0.1) is 0 Å². The molecule has 2 heterocycles. The molecule has 0 N–H and O–H groups in total. The number of carbonyl (C=O) groups is 2. The van der Waals surface area contributed by atoms with Crippen LogP contribution in [0.2, 0.25) is 0 Å². The number of halogens is 1. The second kappa shape index (κ2) is 7.95. The summed E-state index contributed by atoms with van der Waals surface area (Å²) in [4.78, 5) is 30.2. The fourth-order valence-electron chi connectivity index (χ4n) is 3.67. The van der Waals surface area contributed by atoms with Gasteiger partial charge >= 0.3 is 0 Å². The van der Waals surface area contributed by atoms with Crippen molar-refractivity contribution in [3.05, 3.63) is 35.6 Å². The van der Waals surface area contributed by atoms with Gasteiger partial charge in [-0.1, -0.05) is 12.1 Å². The molecule has 0 unspecified atom stereocenters. The van der Waals surface area contributed by atoms with Gasteiger partial charge in [0.15, 0.2) is 0 Å². The molecule has 0 radical (unpaired) electrons. The molecule has 5 nitrogen and oxygen atoms in total. The molecule has 25 heavy (non-hydrogen) atoms. The summed E-state index contributed by atoms with van der Waals surface area (Å²) in [6, 6.07) is 6.61. The van der Waals surface area contributed by atoms with E-state index in [4.69, 9.17) is 0 Å². The molecule has 3 rings (SSSR count). The van der Waals surface area contributed by atoms with E-state index in [1.54, 1.807) is 6.92 Å². The highest BCUT2D eigenvalue weighted by Crippen LogP contribution is 2.21. The Labute approximate surface area is 148 Å². The van der Waals surface area contributed by atoms with Gasteiger partial charge < -0.3 is 9.80 Å². The lowest BCUT2D eigenvalue weighted by atomic mass is 9.95. The highest BCUT2D eigenvalue weighted by molar-refractivity contribution is 5.80. The number of carbonyl (C=O) groups excluding carboxylic acids is 2. The number of hydrogen-bond donors (Lipinski definition) is 0. The number of piperidine rings is 1. The summed E-state index contributed by atoms with van der Waals surface area (Å²) < 4.78 is 13.0. The number of nitrogens with zero attached hydrogens (tertiary/aromatic N) is 3. The summed E-state index contributed by atoms with van der Waals surface area (Å²) in [5.41, 5.74) is 1.10. The van der Waals surface area contributed by atoms with Crippen LogP contribution in [-0.2, 0) is 16.1 Å². The first kappa shape index (κ1) is 17.9. The smallest absolute Gasteiger partial charge is 0.225 e. The average Bonchev–Trinajstić information content (AvgIpc) is 2.64. The minimum atomic E-state index is -0.213. The van der Waals surface area contributed by atoms with Gasteiger partial charge in [0.25, 0.3) is 0 Å². The van der Waals surface area contributed by atoms with Gasteiger partial charge in [0.1, 0.15) is 5.82 Å². The zero-order chi connectivity index (χ0) is 17.8. The summed E-state index contributed by atoms with van der Waals surface area (Å²) in [5, 5.41) is 0. The van der Waals surface area contributed by atoms with E-state index in [1.165, 1.54) is 12.1 Å². The molecule has 0 aliphatic carbocycles. The van der Waals surface area contributed by atoms with E-state index in [-0.39, 0.29) is 23.5 Å². The molecule has 0 spiro atoms. The van der Waals surface area contributed by atoms with Crippen LogP contribution >= 0.6 is 0 Å². The summed E-state index contributed by atoms with van der Waals surface area (Å²) in [7, 11) is 0. The Morgan fingerprint density at radius 1 is 0.960 bits per heavy atom. The van der Waals surface area contributed by atoms with Crippen molar-refractivity contribution < 1.29 is 14.0 Å². The molecular formula is C19H26FN3O2. The Kier molecular flexibility index (Phi) is 5.68. The van der Waals surface area contributed by atoms with E-state index in [9.17, 15) is 14.0 Å².